The van der Waals surface area contributed by atoms with Crippen LogP contribution in [0.1, 0.15) is 53.5 Å². The largest absolute Gasteiger partial charge is 0.334 e. The van der Waals surface area contributed by atoms with E-state index in [9.17, 15) is 9.18 Å². The van der Waals surface area contributed by atoms with E-state index < -0.39 is 0 Å². The maximum absolute atomic E-state index is 13.1. The number of hydrogen-bond acceptors (Lipinski definition) is 2. The van der Waals surface area contributed by atoms with Crippen molar-refractivity contribution in [1.29, 1.82) is 0 Å². The second-order valence-corrected chi connectivity index (χ2v) is 6.15. The summed E-state index contributed by atoms with van der Waals surface area (Å²) in [6.07, 6.45) is 3.14. The molecule has 2 aromatic rings. The smallest absolute Gasteiger partial charge is 0.255 e. The minimum absolute atomic E-state index is 0.0135. The van der Waals surface area contributed by atoms with Crippen molar-refractivity contribution in [2.45, 2.75) is 46.6 Å². The average Bonchev–Trinajstić information content (AvgIpc) is 2.55. The van der Waals surface area contributed by atoms with Crippen LogP contribution in [0.3, 0.4) is 0 Å². The van der Waals surface area contributed by atoms with Gasteiger partial charge in [0.1, 0.15) is 5.82 Å². The van der Waals surface area contributed by atoms with Crippen molar-refractivity contribution in [1.82, 2.24) is 9.88 Å². The van der Waals surface area contributed by atoms with Crippen LogP contribution >= 0.6 is 0 Å². The summed E-state index contributed by atoms with van der Waals surface area (Å²) in [4.78, 5) is 19.2. The van der Waals surface area contributed by atoms with Gasteiger partial charge in [-0.25, -0.2) is 4.39 Å². The second-order valence-electron chi connectivity index (χ2n) is 6.15. The normalized spacial score (nSPS) is 10.7. The quantitative estimate of drug-likeness (QED) is 0.692. The Morgan fingerprint density at radius 2 is 1.79 bits per heavy atom. The lowest BCUT2D eigenvalue weighted by atomic mass is 10.1. The third kappa shape index (κ3) is 4.88. The lowest BCUT2D eigenvalue weighted by Gasteiger charge is -2.23. The van der Waals surface area contributed by atoms with Crippen LogP contribution in [0, 0.1) is 19.7 Å². The number of pyridine rings is 1. The van der Waals surface area contributed by atoms with Crippen LogP contribution in [-0.2, 0) is 6.54 Å². The highest BCUT2D eigenvalue weighted by Crippen LogP contribution is 2.15. The molecule has 0 aliphatic carbocycles. The molecule has 1 aromatic heterocycles. The number of aryl methyl sites for hydroxylation is 2. The van der Waals surface area contributed by atoms with E-state index in [-0.39, 0.29) is 11.7 Å². The Kier molecular flexibility index (Phi) is 6.47. The SMILES string of the molecule is CCCCCN(Cc1ccc(F)cc1)C(=O)c1ccc(C)nc1C. The van der Waals surface area contributed by atoms with Crippen LogP contribution < -0.4 is 0 Å². The Morgan fingerprint density at radius 1 is 1.08 bits per heavy atom. The van der Waals surface area contributed by atoms with E-state index in [2.05, 4.69) is 11.9 Å². The monoisotopic (exact) mass is 328 g/mol. The lowest BCUT2D eigenvalue weighted by Crippen LogP contribution is -2.32. The Hall–Kier alpha value is -2.23. The summed E-state index contributed by atoms with van der Waals surface area (Å²) in [5.74, 6) is -0.276. The molecule has 0 aliphatic rings. The van der Waals surface area contributed by atoms with E-state index in [0.29, 0.717) is 18.7 Å². The van der Waals surface area contributed by atoms with Crippen molar-refractivity contribution < 1.29 is 9.18 Å². The molecule has 1 aromatic carbocycles. The van der Waals surface area contributed by atoms with Crippen molar-refractivity contribution in [3.8, 4) is 0 Å². The fourth-order valence-electron chi connectivity index (χ4n) is 2.70. The van der Waals surface area contributed by atoms with Crippen LogP contribution in [0.5, 0.6) is 0 Å². The maximum Gasteiger partial charge on any atom is 0.255 e. The van der Waals surface area contributed by atoms with E-state index in [4.69, 9.17) is 0 Å². The number of hydrogen-bond donors (Lipinski definition) is 0. The first kappa shape index (κ1) is 18.1. The first-order valence-corrected chi connectivity index (χ1v) is 8.49. The van der Waals surface area contributed by atoms with Gasteiger partial charge in [-0.15, -0.1) is 0 Å². The molecule has 0 spiro atoms. The number of aromatic nitrogens is 1. The highest BCUT2D eigenvalue weighted by atomic mass is 19.1. The fraction of sp³-hybridized carbons (Fsp3) is 0.400. The van der Waals surface area contributed by atoms with Gasteiger partial charge in [-0.1, -0.05) is 31.9 Å². The van der Waals surface area contributed by atoms with Gasteiger partial charge in [0, 0.05) is 18.8 Å². The van der Waals surface area contributed by atoms with Crippen molar-refractivity contribution >= 4 is 5.91 Å². The molecular formula is C20H25FN2O. The van der Waals surface area contributed by atoms with E-state index >= 15 is 0 Å². The molecule has 2 rings (SSSR count). The first-order chi connectivity index (χ1) is 11.5. The van der Waals surface area contributed by atoms with Crippen molar-refractivity contribution in [2.24, 2.45) is 0 Å². The Balaban J connectivity index is 2.20. The molecule has 0 fully saturated rings. The van der Waals surface area contributed by atoms with Gasteiger partial charge < -0.3 is 4.90 Å². The first-order valence-electron chi connectivity index (χ1n) is 8.49. The number of carbonyl (C=O) groups excluding carboxylic acids is 1. The number of unbranched alkanes of at least 4 members (excludes halogenated alkanes) is 2. The van der Waals surface area contributed by atoms with Gasteiger partial charge in [0.2, 0.25) is 0 Å². The van der Waals surface area contributed by atoms with E-state index in [1.165, 1.54) is 12.1 Å². The molecule has 24 heavy (non-hydrogen) atoms. The molecule has 0 saturated heterocycles. The average molecular weight is 328 g/mol. The van der Waals surface area contributed by atoms with Gasteiger partial charge in [0.15, 0.2) is 0 Å². The van der Waals surface area contributed by atoms with E-state index in [1.54, 1.807) is 12.1 Å². The number of carbonyl (C=O) groups is 1. The highest BCUT2D eigenvalue weighted by molar-refractivity contribution is 5.95. The molecule has 4 heteroatoms. The summed E-state index contributed by atoms with van der Waals surface area (Å²) in [5.41, 5.74) is 3.22. The van der Waals surface area contributed by atoms with Crippen molar-refractivity contribution in [2.75, 3.05) is 6.54 Å². The third-order valence-corrected chi connectivity index (χ3v) is 4.06. The Bertz CT molecular complexity index is 683. The van der Waals surface area contributed by atoms with Gasteiger partial charge in [0.05, 0.1) is 11.3 Å². The summed E-state index contributed by atoms with van der Waals surface area (Å²) in [6, 6.07) is 10.0. The summed E-state index contributed by atoms with van der Waals surface area (Å²) < 4.78 is 13.1. The van der Waals surface area contributed by atoms with E-state index in [1.807, 2.05) is 30.9 Å². The second kappa shape index (κ2) is 8.57. The molecule has 0 unspecified atom stereocenters. The standard InChI is InChI=1S/C20H25FN2O/c1-4-5-6-13-23(14-17-8-10-18(21)11-9-17)20(24)19-12-7-15(2)22-16(19)3/h7-12H,4-6,13-14H2,1-3H3. The summed E-state index contributed by atoms with van der Waals surface area (Å²) >= 11 is 0. The van der Waals surface area contributed by atoms with Crippen LogP contribution in [-0.4, -0.2) is 22.3 Å². The number of nitrogens with zero attached hydrogens (tertiary/aromatic N) is 2. The molecule has 0 saturated carbocycles. The predicted molar refractivity (Wildman–Crippen MR) is 94.4 cm³/mol. The number of halogens is 1. The highest BCUT2D eigenvalue weighted by Gasteiger charge is 2.18. The summed E-state index contributed by atoms with van der Waals surface area (Å²) in [7, 11) is 0. The van der Waals surface area contributed by atoms with Crippen LogP contribution in [0.2, 0.25) is 0 Å². The van der Waals surface area contributed by atoms with Gasteiger partial charge in [-0.3, -0.25) is 9.78 Å². The third-order valence-electron chi connectivity index (χ3n) is 4.06. The van der Waals surface area contributed by atoms with Gasteiger partial charge >= 0.3 is 0 Å². The molecule has 1 heterocycles. The minimum atomic E-state index is -0.263. The molecule has 0 radical (unpaired) electrons. The zero-order valence-corrected chi connectivity index (χ0v) is 14.7. The van der Waals surface area contributed by atoms with Crippen LogP contribution in [0.4, 0.5) is 4.39 Å². The molecule has 0 bridgehead atoms. The Morgan fingerprint density at radius 3 is 2.42 bits per heavy atom. The number of benzene rings is 1. The lowest BCUT2D eigenvalue weighted by molar-refractivity contribution is 0.0739. The maximum atomic E-state index is 13.1. The van der Waals surface area contributed by atoms with Gasteiger partial charge in [0.25, 0.3) is 5.91 Å². The van der Waals surface area contributed by atoms with Crippen molar-refractivity contribution in [3.05, 3.63) is 64.7 Å². The van der Waals surface area contributed by atoms with Crippen LogP contribution in [0.25, 0.3) is 0 Å². The zero-order chi connectivity index (χ0) is 17.5. The zero-order valence-electron chi connectivity index (χ0n) is 14.7. The number of rotatable bonds is 7. The summed E-state index contributed by atoms with van der Waals surface area (Å²) in [5, 5.41) is 0. The van der Waals surface area contributed by atoms with Crippen molar-refractivity contribution in [3.63, 3.8) is 0 Å². The van der Waals surface area contributed by atoms with Gasteiger partial charge in [-0.05, 0) is 50.1 Å². The Labute approximate surface area is 143 Å². The minimum Gasteiger partial charge on any atom is -0.334 e. The molecule has 0 N–H and O–H groups in total. The van der Waals surface area contributed by atoms with E-state index in [0.717, 1.165) is 36.2 Å². The molecule has 3 nitrogen and oxygen atoms in total. The molecule has 0 atom stereocenters. The summed E-state index contributed by atoms with van der Waals surface area (Å²) in [6.45, 7) is 7.09. The van der Waals surface area contributed by atoms with Crippen LogP contribution in [0.15, 0.2) is 36.4 Å². The van der Waals surface area contributed by atoms with Gasteiger partial charge in [-0.2, -0.15) is 0 Å². The molecular weight excluding hydrogens is 303 g/mol. The fourth-order valence-corrected chi connectivity index (χ4v) is 2.70. The molecule has 128 valence electrons. The topological polar surface area (TPSA) is 33.2 Å². The molecule has 1 amide bonds. The predicted octanol–water partition coefficient (Wildman–Crippen LogP) is 4.67. The number of amides is 1. The molecule has 0 aliphatic heterocycles.